The third-order valence-electron chi connectivity index (χ3n) is 2.37. The van der Waals surface area contributed by atoms with E-state index in [1.165, 1.54) is 5.56 Å². The molecule has 2 nitrogen and oxygen atoms in total. The first kappa shape index (κ1) is 14.3. The zero-order chi connectivity index (χ0) is 10.8. The lowest BCUT2D eigenvalue weighted by Crippen LogP contribution is -2.12. The normalized spacial score (nSPS) is 10.7. The molecule has 1 aromatic carbocycles. The lowest BCUT2D eigenvalue weighted by Gasteiger charge is -2.20. The summed E-state index contributed by atoms with van der Waals surface area (Å²) < 4.78 is 5.29. The molecule has 0 aliphatic rings. The molecule has 1 aromatic rings. The van der Waals surface area contributed by atoms with Crippen molar-refractivity contribution in [2.75, 3.05) is 7.11 Å². The van der Waals surface area contributed by atoms with Gasteiger partial charge in [-0.25, -0.2) is 0 Å². The van der Waals surface area contributed by atoms with Crippen LogP contribution >= 0.6 is 12.4 Å². The Kier molecular flexibility index (Phi) is 5.12. The minimum absolute atomic E-state index is 0. The summed E-state index contributed by atoms with van der Waals surface area (Å²) in [5.74, 6) is 0.889. The van der Waals surface area contributed by atoms with Crippen molar-refractivity contribution in [1.29, 1.82) is 0 Å². The van der Waals surface area contributed by atoms with Crippen molar-refractivity contribution in [2.24, 2.45) is 5.73 Å². The van der Waals surface area contributed by atoms with E-state index in [4.69, 9.17) is 10.5 Å². The van der Waals surface area contributed by atoms with Gasteiger partial charge in [0.05, 0.1) is 7.11 Å². The number of rotatable bonds is 2. The third kappa shape index (κ3) is 3.40. The summed E-state index contributed by atoms with van der Waals surface area (Å²) in [6.07, 6.45) is 0. The molecule has 2 N–H and O–H groups in total. The first-order valence-electron chi connectivity index (χ1n) is 4.86. The molecule has 0 saturated heterocycles. The van der Waals surface area contributed by atoms with Crippen LogP contribution in [0, 0.1) is 0 Å². The number of methoxy groups -OCH3 is 1. The summed E-state index contributed by atoms with van der Waals surface area (Å²) in [5.41, 5.74) is 8.08. The molecule has 0 atom stereocenters. The highest BCUT2D eigenvalue weighted by Gasteiger charge is 2.15. The molecule has 0 fully saturated rings. The van der Waals surface area contributed by atoms with E-state index >= 15 is 0 Å². The molecule has 0 bridgehead atoms. The van der Waals surface area contributed by atoms with E-state index in [1.54, 1.807) is 7.11 Å². The molecule has 1 rings (SSSR count). The molecule has 15 heavy (non-hydrogen) atoms. The van der Waals surface area contributed by atoms with E-state index in [0.29, 0.717) is 6.54 Å². The van der Waals surface area contributed by atoms with E-state index < -0.39 is 0 Å². The predicted octanol–water partition coefficient (Wildman–Crippen LogP) is 2.87. The second kappa shape index (κ2) is 5.38. The van der Waals surface area contributed by atoms with E-state index in [1.807, 2.05) is 6.07 Å². The van der Waals surface area contributed by atoms with Gasteiger partial charge < -0.3 is 10.5 Å². The molecule has 3 heteroatoms. The van der Waals surface area contributed by atoms with Crippen LogP contribution in [0.3, 0.4) is 0 Å². The summed E-state index contributed by atoms with van der Waals surface area (Å²) in [6.45, 7) is 7.07. The topological polar surface area (TPSA) is 35.2 Å². The smallest absolute Gasteiger partial charge is 0.123 e. The van der Waals surface area contributed by atoms with Gasteiger partial charge in [-0.3, -0.25) is 0 Å². The molecule has 0 heterocycles. The Morgan fingerprint density at radius 2 is 1.87 bits per heavy atom. The standard InChI is InChI=1S/C12H19NO.ClH/c1-12(2,3)10-6-5-9(8-13)11(7-10)14-4;/h5-7H,8,13H2,1-4H3;1H. The molecule has 0 radical (unpaired) electrons. The number of nitrogens with two attached hydrogens (primary N) is 1. The maximum absolute atomic E-state index is 5.61. The Morgan fingerprint density at radius 3 is 2.27 bits per heavy atom. The van der Waals surface area contributed by atoms with Crippen LogP contribution < -0.4 is 10.5 Å². The van der Waals surface area contributed by atoms with Crippen molar-refractivity contribution < 1.29 is 4.74 Å². The van der Waals surface area contributed by atoms with Gasteiger partial charge in [0, 0.05) is 12.1 Å². The molecule has 0 spiro atoms. The summed E-state index contributed by atoms with van der Waals surface area (Å²) in [4.78, 5) is 0. The molecule has 0 aromatic heterocycles. The Morgan fingerprint density at radius 1 is 1.27 bits per heavy atom. The lowest BCUT2D eigenvalue weighted by molar-refractivity contribution is 0.407. The average Bonchev–Trinajstić information content (AvgIpc) is 2.15. The highest BCUT2D eigenvalue weighted by molar-refractivity contribution is 5.85. The Bertz CT molecular complexity index is 318. The number of halogens is 1. The predicted molar refractivity (Wildman–Crippen MR) is 66.8 cm³/mol. The quantitative estimate of drug-likeness (QED) is 0.847. The fraction of sp³-hybridized carbons (Fsp3) is 0.500. The molecule has 86 valence electrons. The second-order valence-electron chi connectivity index (χ2n) is 4.48. The Labute approximate surface area is 98.2 Å². The SMILES string of the molecule is COc1cc(C(C)(C)C)ccc1CN.Cl. The van der Waals surface area contributed by atoms with Gasteiger partial charge in [-0.15, -0.1) is 12.4 Å². The lowest BCUT2D eigenvalue weighted by atomic mass is 9.86. The number of ether oxygens (including phenoxy) is 1. The van der Waals surface area contributed by atoms with Crippen LogP contribution in [-0.4, -0.2) is 7.11 Å². The molecule has 0 aliphatic heterocycles. The van der Waals surface area contributed by atoms with Crippen LogP contribution in [0.4, 0.5) is 0 Å². The Hall–Kier alpha value is -0.730. The van der Waals surface area contributed by atoms with E-state index in [0.717, 1.165) is 11.3 Å². The third-order valence-corrected chi connectivity index (χ3v) is 2.37. The van der Waals surface area contributed by atoms with Crippen LogP contribution in [0.1, 0.15) is 31.9 Å². The van der Waals surface area contributed by atoms with Crippen LogP contribution in [0.25, 0.3) is 0 Å². The van der Waals surface area contributed by atoms with Gasteiger partial charge in [-0.1, -0.05) is 32.9 Å². The molecule has 0 aliphatic carbocycles. The van der Waals surface area contributed by atoms with Crippen molar-refractivity contribution in [3.05, 3.63) is 29.3 Å². The summed E-state index contributed by atoms with van der Waals surface area (Å²) >= 11 is 0. The number of hydrogen-bond acceptors (Lipinski definition) is 2. The maximum Gasteiger partial charge on any atom is 0.123 e. The van der Waals surface area contributed by atoms with Crippen molar-refractivity contribution in [1.82, 2.24) is 0 Å². The van der Waals surface area contributed by atoms with Crippen LogP contribution in [0.2, 0.25) is 0 Å². The Balaban J connectivity index is 0.00000196. The van der Waals surface area contributed by atoms with Gasteiger partial charge in [0.1, 0.15) is 5.75 Å². The van der Waals surface area contributed by atoms with Crippen LogP contribution in [0.15, 0.2) is 18.2 Å². The zero-order valence-electron chi connectivity index (χ0n) is 9.83. The van der Waals surface area contributed by atoms with Crippen molar-refractivity contribution in [3.8, 4) is 5.75 Å². The molecular formula is C12H20ClNO. The highest BCUT2D eigenvalue weighted by atomic mass is 35.5. The molecule has 0 saturated carbocycles. The van der Waals surface area contributed by atoms with Gasteiger partial charge >= 0.3 is 0 Å². The number of hydrogen-bond donors (Lipinski definition) is 1. The van der Waals surface area contributed by atoms with Crippen molar-refractivity contribution >= 4 is 12.4 Å². The average molecular weight is 230 g/mol. The van der Waals surface area contributed by atoms with Crippen LogP contribution in [0.5, 0.6) is 5.75 Å². The highest BCUT2D eigenvalue weighted by Crippen LogP contribution is 2.28. The van der Waals surface area contributed by atoms with Gasteiger partial charge in [-0.2, -0.15) is 0 Å². The van der Waals surface area contributed by atoms with E-state index in [-0.39, 0.29) is 17.8 Å². The summed E-state index contributed by atoms with van der Waals surface area (Å²) in [7, 11) is 1.68. The van der Waals surface area contributed by atoms with Gasteiger partial charge in [0.25, 0.3) is 0 Å². The maximum atomic E-state index is 5.61. The van der Waals surface area contributed by atoms with Crippen molar-refractivity contribution in [3.63, 3.8) is 0 Å². The molecule has 0 amide bonds. The first-order valence-corrected chi connectivity index (χ1v) is 4.86. The van der Waals surface area contributed by atoms with E-state index in [2.05, 4.69) is 32.9 Å². The minimum Gasteiger partial charge on any atom is -0.496 e. The minimum atomic E-state index is 0. The van der Waals surface area contributed by atoms with Crippen LogP contribution in [-0.2, 0) is 12.0 Å². The fourth-order valence-electron chi connectivity index (χ4n) is 1.38. The van der Waals surface area contributed by atoms with Crippen molar-refractivity contribution in [2.45, 2.75) is 32.7 Å². The fourth-order valence-corrected chi connectivity index (χ4v) is 1.38. The first-order chi connectivity index (χ1) is 6.49. The molecular weight excluding hydrogens is 210 g/mol. The van der Waals surface area contributed by atoms with Gasteiger partial charge in [-0.05, 0) is 17.0 Å². The largest absolute Gasteiger partial charge is 0.496 e. The second-order valence-corrected chi connectivity index (χ2v) is 4.48. The summed E-state index contributed by atoms with van der Waals surface area (Å²) in [5, 5.41) is 0. The molecule has 0 unspecified atom stereocenters. The number of benzene rings is 1. The van der Waals surface area contributed by atoms with E-state index in [9.17, 15) is 0 Å². The monoisotopic (exact) mass is 229 g/mol. The zero-order valence-corrected chi connectivity index (χ0v) is 10.6. The van der Waals surface area contributed by atoms with Gasteiger partial charge in [0.15, 0.2) is 0 Å². The summed E-state index contributed by atoms with van der Waals surface area (Å²) in [6, 6.07) is 6.23. The van der Waals surface area contributed by atoms with Gasteiger partial charge in [0.2, 0.25) is 0 Å².